The zero-order valence-corrected chi connectivity index (χ0v) is 14.2. The lowest BCUT2D eigenvalue weighted by atomic mass is 10.1. The van der Waals surface area contributed by atoms with Crippen molar-refractivity contribution in [2.45, 2.75) is 32.2 Å². The number of aromatic hydroxyl groups is 1. The van der Waals surface area contributed by atoms with Crippen molar-refractivity contribution in [1.82, 2.24) is 5.32 Å². The van der Waals surface area contributed by atoms with Gasteiger partial charge in [0.15, 0.2) is 0 Å². The van der Waals surface area contributed by atoms with Crippen LogP contribution < -0.4 is 10.6 Å². The largest absolute Gasteiger partial charge is 0.508 e. The summed E-state index contributed by atoms with van der Waals surface area (Å²) in [6.45, 7) is 1.90. The third-order valence-corrected chi connectivity index (χ3v) is 4.35. The van der Waals surface area contributed by atoms with Crippen LogP contribution in [0.15, 0.2) is 48.5 Å². The number of phenols is 1. The van der Waals surface area contributed by atoms with Crippen molar-refractivity contribution < 1.29 is 14.7 Å². The average Bonchev–Trinajstić information content (AvgIpc) is 3.42. The first kappa shape index (κ1) is 17.0. The number of hydrogen-bond donors (Lipinski definition) is 3. The minimum atomic E-state index is -0.161. The van der Waals surface area contributed by atoms with Crippen LogP contribution in [0.1, 0.15) is 36.9 Å². The van der Waals surface area contributed by atoms with E-state index in [1.165, 1.54) is 0 Å². The van der Waals surface area contributed by atoms with E-state index in [1.54, 1.807) is 24.3 Å². The van der Waals surface area contributed by atoms with Crippen molar-refractivity contribution in [2.24, 2.45) is 5.92 Å². The molecule has 0 aliphatic heterocycles. The summed E-state index contributed by atoms with van der Waals surface area (Å²) in [7, 11) is 0. The Morgan fingerprint density at radius 2 is 1.80 bits per heavy atom. The van der Waals surface area contributed by atoms with Crippen LogP contribution >= 0.6 is 0 Å². The van der Waals surface area contributed by atoms with E-state index in [4.69, 9.17) is 0 Å². The Hall–Kier alpha value is -2.82. The molecule has 1 aliphatic carbocycles. The standard InChI is InChI=1S/C20H22N2O3/c1-13(21-19(24)12-16-4-2-3-5-18(16)23)14-8-10-17(11-9-14)22-20(25)15-6-7-15/h2-5,8-11,13,15,23H,6-7,12H2,1H3,(H,21,24)(H,22,25)/t13-/m0/s1. The minimum absolute atomic E-state index is 0.0803. The first-order chi connectivity index (χ1) is 12.0. The predicted molar refractivity (Wildman–Crippen MR) is 96.2 cm³/mol. The average molecular weight is 338 g/mol. The Labute approximate surface area is 147 Å². The van der Waals surface area contributed by atoms with E-state index in [9.17, 15) is 14.7 Å². The smallest absolute Gasteiger partial charge is 0.227 e. The van der Waals surface area contributed by atoms with Gasteiger partial charge in [-0.05, 0) is 43.5 Å². The number of para-hydroxylation sites is 1. The third kappa shape index (κ3) is 4.59. The molecule has 1 fully saturated rings. The van der Waals surface area contributed by atoms with Crippen LogP contribution in [0.5, 0.6) is 5.75 Å². The molecule has 25 heavy (non-hydrogen) atoms. The SMILES string of the molecule is C[C@H](NC(=O)Cc1ccccc1O)c1ccc(NC(=O)C2CC2)cc1. The normalized spacial score (nSPS) is 14.6. The van der Waals surface area contributed by atoms with Gasteiger partial charge in [0, 0.05) is 17.2 Å². The Bertz CT molecular complexity index is 767. The predicted octanol–water partition coefficient (Wildman–Crippen LogP) is 3.16. The van der Waals surface area contributed by atoms with Crippen LogP contribution in [0.25, 0.3) is 0 Å². The molecule has 2 aromatic carbocycles. The van der Waals surface area contributed by atoms with Gasteiger partial charge in [0.05, 0.1) is 12.5 Å². The van der Waals surface area contributed by atoms with Crippen LogP contribution in [0.4, 0.5) is 5.69 Å². The van der Waals surface area contributed by atoms with Crippen LogP contribution in [0.2, 0.25) is 0 Å². The molecule has 0 bridgehead atoms. The second-order valence-electron chi connectivity index (χ2n) is 6.48. The zero-order chi connectivity index (χ0) is 17.8. The highest BCUT2D eigenvalue weighted by atomic mass is 16.3. The van der Waals surface area contributed by atoms with Gasteiger partial charge >= 0.3 is 0 Å². The van der Waals surface area contributed by atoms with E-state index in [0.29, 0.717) is 5.56 Å². The molecule has 3 N–H and O–H groups in total. The number of phenolic OH excluding ortho intramolecular Hbond substituents is 1. The maximum atomic E-state index is 12.2. The second-order valence-corrected chi connectivity index (χ2v) is 6.48. The fourth-order valence-corrected chi connectivity index (χ4v) is 2.65. The summed E-state index contributed by atoms with van der Waals surface area (Å²) in [6, 6.07) is 14.1. The highest BCUT2D eigenvalue weighted by molar-refractivity contribution is 5.94. The molecule has 1 aliphatic rings. The first-order valence-electron chi connectivity index (χ1n) is 8.50. The topological polar surface area (TPSA) is 78.4 Å². The van der Waals surface area contributed by atoms with Crippen LogP contribution in [-0.2, 0) is 16.0 Å². The quantitative estimate of drug-likeness (QED) is 0.757. The lowest BCUT2D eigenvalue weighted by Crippen LogP contribution is -2.28. The number of carbonyl (C=O) groups is 2. The Kier molecular flexibility index (Phi) is 5.03. The van der Waals surface area contributed by atoms with E-state index in [1.807, 2.05) is 31.2 Å². The van der Waals surface area contributed by atoms with Crippen molar-refractivity contribution in [2.75, 3.05) is 5.32 Å². The molecule has 0 unspecified atom stereocenters. The van der Waals surface area contributed by atoms with Gasteiger partial charge in [0.2, 0.25) is 11.8 Å². The van der Waals surface area contributed by atoms with Gasteiger partial charge in [-0.2, -0.15) is 0 Å². The summed E-state index contributed by atoms with van der Waals surface area (Å²) in [5, 5.41) is 15.6. The van der Waals surface area contributed by atoms with Gasteiger partial charge in [-0.3, -0.25) is 9.59 Å². The van der Waals surface area contributed by atoms with Gasteiger partial charge in [-0.1, -0.05) is 30.3 Å². The first-order valence-corrected chi connectivity index (χ1v) is 8.50. The summed E-state index contributed by atoms with van der Waals surface area (Å²) in [6.07, 6.45) is 2.08. The second kappa shape index (κ2) is 7.38. The molecule has 3 rings (SSSR count). The molecular weight excluding hydrogens is 316 g/mol. The van der Waals surface area contributed by atoms with Gasteiger partial charge in [-0.25, -0.2) is 0 Å². The number of carbonyl (C=O) groups excluding carboxylic acids is 2. The molecule has 0 radical (unpaired) electrons. The summed E-state index contributed by atoms with van der Waals surface area (Å²) in [5.74, 6) is 0.227. The molecule has 2 amide bonds. The molecule has 5 heteroatoms. The van der Waals surface area contributed by atoms with Crippen LogP contribution in [0.3, 0.4) is 0 Å². The molecule has 0 aromatic heterocycles. The van der Waals surface area contributed by atoms with Gasteiger partial charge in [-0.15, -0.1) is 0 Å². The van der Waals surface area contributed by atoms with Gasteiger partial charge in [0.1, 0.15) is 5.75 Å². The number of amides is 2. The number of nitrogens with one attached hydrogen (secondary N) is 2. The van der Waals surface area contributed by atoms with E-state index >= 15 is 0 Å². The maximum Gasteiger partial charge on any atom is 0.227 e. The highest BCUT2D eigenvalue weighted by Gasteiger charge is 2.29. The molecule has 0 saturated heterocycles. The van der Waals surface area contributed by atoms with Crippen molar-refractivity contribution in [3.63, 3.8) is 0 Å². The Balaban J connectivity index is 1.55. The number of hydrogen-bond acceptors (Lipinski definition) is 3. The molecule has 0 heterocycles. The molecule has 0 spiro atoms. The van der Waals surface area contributed by atoms with E-state index in [2.05, 4.69) is 10.6 Å². The highest BCUT2D eigenvalue weighted by Crippen LogP contribution is 2.30. The summed E-state index contributed by atoms with van der Waals surface area (Å²) < 4.78 is 0. The Morgan fingerprint density at radius 3 is 2.44 bits per heavy atom. The molecule has 1 atom stereocenters. The van der Waals surface area contributed by atoms with Crippen LogP contribution in [0, 0.1) is 5.92 Å². The molecular formula is C20H22N2O3. The third-order valence-electron chi connectivity index (χ3n) is 4.35. The van der Waals surface area contributed by atoms with Crippen molar-refractivity contribution in [1.29, 1.82) is 0 Å². The fraction of sp³-hybridized carbons (Fsp3) is 0.300. The Morgan fingerprint density at radius 1 is 1.12 bits per heavy atom. The monoisotopic (exact) mass is 338 g/mol. The van der Waals surface area contributed by atoms with Crippen LogP contribution in [-0.4, -0.2) is 16.9 Å². The molecule has 5 nitrogen and oxygen atoms in total. The lowest BCUT2D eigenvalue weighted by Gasteiger charge is -2.15. The number of benzene rings is 2. The van der Waals surface area contributed by atoms with E-state index in [0.717, 1.165) is 24.1 Å². The van der Waals surface area contributed by atoms with Crippen molar-refractivity contribution in [3.8, 4) is 5.75 Å². The lowest BCUT2D eigenvalue weighted by molar-refractivity contribution is -0.121. The van der Waals surface area contributed by atoms with E-state index < -0.39 is 0 Å². The zero-order valence-electron chi connectivity index (χ0n) is 14.2. The number of rotatable bonds is 6. The summed E-state index contributed by atoms with van der Waals surface area (Å²) in [4.78, 5) is 23.9. The molecule has 130 valence electrons. The number of anilines is 1. The fourth-order valence-electron chi connectivity index (χ4n) is 2.65. The molecule has 2 aromatic rings. The van der Waals surface area contributed by atoms with Gasteiger partial charge in [0.25, 0.3) is 0 Å². The van der Waals surface area contributed by atoms with E-state index in [-0.39, 0.29) is 35.9 Å². The maximum absolute atomic E-state index is 12.2. The van der Waals surface area contributed by atoms with Crippen molar-refractivity contribution >= 4 is 17.5 Å². The summed E-state index contributed by atoms with van der Waals surface area (Å²) >= 11 is 0. The summed E-state index contributed by atoms with van der Waals surface area (Å²) in [5.41, 5.74) is 2.33. The minimum Gasteiger partial charge on any atom is -0.508 e. The van der Waals surface area contributed by atoms with Gasteiger partial charge < -0.3 is 15.7 Å². The van der Waals surface area contributed by atoms with Crippen molar-refractivity contribution in [3.05, 3.63) is 59.7 Å². The molecule has 1 saturated carbocycles.